The summed E-state index contributed by atoms with van der Waals surface area (Å²) in [5.74, 6) is 0. The molecule has 0 spiro atoms. The van der Waals surface area contributed by atoms with Gasteiger partial charge in [0.1, 0.15) is 0 Å². The van der Waals surface area contributed by atoms with Gasteiger partial charge >= 0.3 is 0 Å². The molecule has 3 nitrogen and oxygen atoms in total. The van der Waals surface area contributed by atoms with Crippen LogP contribution in [-0.4, -0.2) is 43.7 Å². The molecule has 1 fully saturated rings. The van der Waals surface area contributed by atoms with Gasteiger partial charge in [-0.25, -0.2) is 0 Å². The van der Waals surface area contributed by atoms with Gasteiger partial charge in [-0.3, -0.25) is 0 Å². The van der Waals surface area contributed by atoms with Gasteiger partial charge in [-0.2, -0.15) is 0 Å². The molecule has 0 atom stereocenters. The third-order valence-corrected chi connectivity index (χ3v) is 2.53. The van der Waals surface area contributed by atoms with Gasteiger partial charge in [-0.05, 0) is 32.5 Å². The average Bonchev–Trinajstić information content (AvgIpc) is 2.09. The normalized spacial score (nSPS) is 21.5. The molecule has 3 heteroatoms. The average molecular weight is 171 g/mol. The van der Waals surface area contributed by atoms with Crippen LogP contribution < -0.4 is 11.1 Å². The van der Waals surface area contributed by atoms with Gasteiger partial charge in [0.05, 0.1) is 0 Å². The Balaban J connectivity index is 2.11. The lowest BCUT2D eigenvalue weighted by molar-refractivity contribution is 0.204. The Morgan fingerprint density at radius 3 is 2.58 bits per heavy atom. The van der Waals surface area contributed by atoms with Crippen molar-refractivity contribution < 1.29 is 0 Å². The number of likely N-dealkylation sites (tertiary alicyclic amines) is 1. The number of nitrogens with two attached hydrogens (primary N) is 1. The molecule has 1 rings (SSSR count). The lowest BCUT2D eigenvalue weighted by Crippen LogP contribution is -2.43. The van der Waals surface area contributed by atoms with E-state index >= 15 is 0 Å². The Kier molecular flexibility index (Phi) is 4.58. The summed E-state index contributed by atoms with van der Waals surface area (Å²) in [5, 5.41) is 3.49. The van der Waals surface area contributed by atoms with E-state index in [2.05, 4.69) is 17.1 Å². The monoisotopic (exact) mass is 171 g/mol. The number of nitrogens with one attached hydrogen (secondary N) is 1. The zero-order valence-electron chi connectivity index (χ0n) is 8.05. The Bertz CT molecular complexity index is 94.3. The molecule has 1 heterocycles. The first-order chi connectivity index (χ1) is 5.86. The van der Waals surface area contributed by atoms with Crippen molar-refractivity contribution in [2.24, 2.45) is 5.73 Å². The lowest BCUT2D eigenvalue weighted by Gasteiger charge is -2.31. The fourth-order valence-electron chi connectivity index (χ4n) is 1.83. The van der Waals surface area contributed by atoms with Crippen molar-refractivity contribution in [2.45, 2.75) is 25.8 Å². The first-order valence-corrected chi connectivity index (χ1v) is 5.02. The van der Waals surface area contributed by atoms with Crippen LogP contribution in [0.3, 0.4) is 0 Å². The third-order valence-electron chi connectivity index (χ3n) is 2.53. The second kappa shape index (κ2) is 5.51. The van der Waals surface area contributed by atoms with Crippen molar-refractivity contribution >= 4 is 0 Å². The summed E-state index contributed by atoms with van der Waals surface area (Å²) >= 11 is 0. The van der Waals surface area contributed by atoms with Crippen LogP contribution in [0.2, 0.25) is 0 Å². The minimum Gasteiger partial charge on any atom is -0.329 e. The van der Waals surface area contributed by atoms with Gasteiger partial charge in [0.15, 0.2) is 0 Å². The van der Waals surface area contributed by atoms with E-state index in [0.29, 0.717) is 0 Å². The van der Waals surface area contributed by atoms with Crippen molar-refractivity contribution in [3.05, 3.63) is 0 Å². The molecule has 0 saturated carbocycles. The predicted octanol–water partition coefficient (Wildman–Crippen LogP) is 0.0190. The summed E-state index contributed by atoms with van der Waals surface area (Å²) < 4.78 is 0. The molecule has 0 aromatic carbocycles. The Labute approximate surface area is 75.3 Å². The highest BCUT2D eigenvalue weighted by Gasteiger charge is 2.16. The molecule has 1 saturated heterocycles. The van der Waals surface area contributed by atoms with Crippen molar-refractivity contribution in [1.82, 2.24) is 10.2 Å². The van der Waals surface area contributed by atoms with E-state index in [1.54, 1.807) is 0 Å². The maximum absolute atomic E-state index is 5.50. The van der Waals surface area contributed by atoms with Gasteiger partial charge in [0.2, 0.25) is 0 Å². The largest absolute Gasteiger partial charge is 0.329 e. The molecule has 0 amide bonds. The molecular formula is C9H21N3. The maximum Gasteiger partial charge on any atom is 0.0105 e. The van der Waals surface area contributed by atoms with Crippen LogP contribution in [0.5, 0.6) is 0 Å². The summed E-state index contributed by atoms with van der Waals surface area (Å²) in [4.78, 5) is 2.45. The Hall–Kier alpha value is -0.120. The number of rotatable bonds is 4. The molecule has 0 aromatic heterocycles. The molecule has 12 heavy (non-hydrogen) atoms. The summed E-state index contributed by atoms with van der Waals surface area (Å²) in [6.07, 6.45) is 2.57. The van der Waals surface area contributed by atoms with Crippen molar-refractivity contribution in [2.75, 3.05) is 32.7 Å². The number of hydrogen-bond acceptors (Lipinski definition) is 3. The molecule has 1 aliphatic heterocycles. The quantitative estimate of drug-likeness (QED) is 0.626. The maximum atomic E-state index is 5.50. The first kappa shape index (κ1) is 9.96. The third kappa shape index (κ3) is 3.09. The molecule has 1 aliphatic rings. The SMILES string of the molecule is CCNC1CCN(CCN)CC1. The van der Waals surface area contributed by atoms with Gasteiger partial charge in [0.25, 0.3) is 0 Å². The first-order valence-electron chi connectivity index (χ1n) is 5.02. The van der Waals surface area contributed by atoms with Crippen LogP contribution in [0.25, 0.3) is 0 Å². The second-order valence-electron chi connectivity index (χ2n) is 3.46. The minimum absolute atomic E-state index is 0.754. The molecule has 3 N–H and O–H groups in total. The van der Waals surface area contributed by atoms with E-state index in [-0.39, 0.29) is 0 Å². The number of hydrogen-bond donors (Lipinski definition) is 2. The van der Waals surface area contributed by atoms with Gasteiger partial charge in [-0.1, -0.05) is 6.92 Å². The van der Waals surface area contributed by atoms with Gasteiger partial charge < -0.3 is 16.0 Å². The van der Waals surface area contributed by atoms with Crippen molar-refractivity contribution in [3.63, 3.8) is 0 Å². The molecule has 0 radical (unpaired) electrons. The predicted molar refractivity (Wildman–Crippen MR) is 52.2 cm³/mol. The highest BCUT2D eigenvalue weighted by Crippen LogP contribution is 2.08. The number of nitrogens with zero attached hydrogens (tertiary/aromatic N) is 1. The van der Waals surface area contributed by atoms with E-state index in [1.165, 1.54) is 25.9 Å². The zero-order valence-corrected chi connectivity index (χ0v) is 8.05. The topological polar surface area (TPSA) is 41.3 Å². The van der Waals surface area contributed by atoms with E-state index in [0.717, 1.165) is 25.7 Å². The highest BCUT2D eigenvalue weighted by molar-refractivity contribution is 4.76. The summed E-state index contributed by atoms with van der Waals surface area (Å²) in [6, 6.07) is 0.754. The second-order valence-corrected chi connectivity index (χ2v) is 3.46. The van der Waals surface area contributed by atoms with Crippen LogP contribution in [0, 0.1) is 0 Å². The minimum atomic E-state index is 0.754. The van der Waals surface area contributed by atoms with E-state index in [4.69, 9.17) is 5.73 Å². The van der Waals surface area contributed by atoms with Gasteiger partial charge in [-0.15, -0.1) is 0 Å². The van der Waals surface area contributed by atoms with Crippen molar-refractivity contribution in [3.8, 4) is 0 Å². The smallest absolute Gasteiger partial charge is 0.0105 e. The van der Waals surface area contributed by atoms with E-state index < -0.39 is 0 Å². The highest BCUT2D eigenvalue weighted by atomic mass is 15.1. The fraction of sp³-hybridized carbons (Fsp3) is 1.00. The van der Waals surface area contributed by atoms with Gasteiger partial charge in [0, 0.05) is 19.1 Å². The number of piperidine rings is 1. The van der Waals surface area contributed by atoms with Crippen LogP contribution in [0.4, 0.5) is 0 Å². The van der Waals surface area contributed by atoms with E-state index in [1.807, 2.05) is 0 Å². The van der Waals surface area contributed by atoms with Crippen LogP contribution >= 0.6 is 0 Å². The molecular weight excluding hydrogens is 150 g/mol. The van der Waals surface area contributed by atoms with E-state index in [9.17, 15) is 0 Å². The lowest BCUT2D eigenvalue weighted by atomic mass is 10.1. The summed E-state index contributed by atoms with van der Waals surface area (Å²) in [7, 11) is 0. The van der Waals surface area contributed by atoms with Crippen LogP contribution in [-0.2, 0) is 0 Å². The molecule has 72 valence electrons. The standard InChI is InChI=1S/C9H21N3/c1-2-11-9-3-6-12(7-4-9)8-5-10/h9,11H,2-8,10H2,1H3. The van der Waals surface area contributed by atoms with Crippen molar-refractivity contribution in [1.29, 1.82) is 0 Å². The van der Waals surface area contributed by atoms with Crippen LogP contribution in [0.1, 0.15) is 19.8 Å². The molecule has 0 bridgehead atoms. The fourth-order valence-corrected chi connectivity index (χ4v) is 1.83. The summed E-state index contributed by atoms with van der Waals surface area (Å²) in [5.41, 5.74) is 5.50. The zero-order chi connectivity index (χ0) is 8.81. The molecule has 0 aromatic rings. The Morgan fingerprint density at radius 2 is 2.08 bits per heavy atom. The van der Waals surface area contributed by atoms with Crippen LogP contribution in [0.15, 0.2) is 0 Å². The summed E-state index contributed by atoms with van der Waals surface area (Å²) in [6.45, 7) is 7.57. The molecule has 0 unspecified atom stereocenters. The molecule has 0 aliphatic carbocycles. The Morgan fingerprint density at radius 1 is 1.42 bits per heavy atom.